The van der Waals surface area contributed by atoms with E-state index in [-0.39, 0.29) is 6.10 Å². The van der Waals surface area contributed by atoms with Gasteiger partial charge in [0.05, 0.1) is 6.10 Å². The van der Waals surface area contributed by atoms with Crippen LogP contribution in [0, 0.1) is 11.8 Å². The Hall–Kier alpha value is -0.0800. The summed E-state index contributed by atoms with van der Waals surface area (Å²) in [4.78, 5) is 0. The quantitative estimate of drug-likeness (QED) is 0.661. The molecule has 13 heavy (non-hydrogen) atoms. The summed E-state index contributed by atoms with van der Waals surface area (Å²) in [5.74, 6) is 1.49. The molecule has 2 N–H and O–H groups in total. The van der Waals surface area contributed by atoms with Crippen molar-refractivity contribution in [3.8, 4) is 0 Å². The monoisotopic (exact) mass is 185 g/mol. The van der Waals surface area contributed by atoms with Gasteiger partial charge in [-0.1, -0.05) is 20.3 Å². The van der Waals surface area contributed by atoms with Crippen molar-refractivity contribution in [2.75, 3.05) is 13.1 Å². The van der Waals surface area contributed by atoms with Crippen LogP contribution in [0.3, 0.4) is 0 Å². The highest BCUT2D eigenvalue weighted by molar-refractivity contribution is 4.72. The second-order valence-electron chi connectivity index (χ2n) is 4.74. The molecule has 0 heterocycles. The van der Waals surface area contributed by atoms with Gasteiger partial charge < -0.3 is 10.4 Å². The molecular formula is C11H23NO. The Morgan fingerprint density at radius 3 is 2.54 bits per heavy atom. The molecule has 1 saturated carbocycles. The van der Waals surface area contributed by atoms with Crippen LogP contribution >= 0.6 is 0 Å². The third-order valence-corrected chi connectivity index (χ3v) is 2.78. The first-order chi connectivity index (χ1) is 6.18. The summed E-state index contributed by atoms with van der Waals surface area (Å²) in [5.41, 5.74) is 0. The van der Waals surface area contributed by atoms with Crippen LogP contribution in [0.5, 0.6) is 0 Å². The molecule has 0 aromatic rings. The highest BCUT2D eigenvalue weighted by Gasteiger charge is 2.16. The first kappa shape index (κ1) is 11.0. The van der Waals surface area contributed by atoms with Crippen LogP contribution in [0.2, 0.25) is 0 Å². The van der Waals surface area contributed by atoms with Crippen LogP contribution in [0.4, 0.5) is 0 Å². The van der Waals surface area contributed by atoms with Gasteiger partial charge in [0.2, 0.25) is 0 Å². The molecule has 0 aliphatic heterocycles. The van der Waals surface area contributed by atoms with Crippen molar-refractivity contribution >= 4 is 0 Å². The topological polar surface area (TPSA) is 32.3 Å². The molecule has 1 atom stereocenters. The molecule has 0 radical (unpaired) electrons. The largest absolute Gasteiger partial charge is 0.392 e. The van der Waals surface area contributed by atoms with Gasteiger partial charge in [0.25, 0.3) is 0 Å². The first-order valence-electron chi connectivity index (χ1n) is 5.57. The highest BCUT2D eigenvalue weighted by Crippen LogP contribution is 2.25. The number of hydrogen-bond acceptors (Lipinski definition) is 2. The zero-order valence-corrected chi connectivity index (χ0v) is 8.92. The average molecular weight is 185 g/mol. The van der Waals surface area contributed by atoms with Gasteiger partial charge in [-0.25, -0.2) is 0 Å². The molecule has 0 aromatic heterocycles. The fourth-order valence-corrected chi connectivity index (χ4v) is 1.78. The molecule has 1 aliphatic carbocycles. The van der Waals surface area contributed by atoms with E-state index in [1.807, 2.05) is 0 Å². The van der Waals surface area contributed by atoms with E-state index in [0.29, 0.717) is 5.92 Å². The van der Waals surface area contributed by atoms with Crippen molar-refractivity contribution in [1.29, 1.82) is 0 Å². The van der Waals surface area contributed by atoms with Crippen LogP contribution in [-0.4, -0.2) is 24.3 Å². The molecule has 78 valence electrons. The molecule has 1 rings (SSSR count). The Morgan fingerprint density at radius 2 is 2.08 bits per heavy atom. The minimum absolute atomic E-state index is 0.153. The minimum Gasteiger partial charge on any atom is -0.392 e. The molecule has 2 nitrogen and oxygen atoms in total. The highest BCUT2D eigenvalue weighted by atomic mass is 16.3. The lowest BCUT2D eigenvalue weighted by Crippen LogP contribution is -2.33. The van der Waals surface area contributed by atoms with Crippen molar-refractivity contribution < 1.29 is 5.11 Å². The molecule has 1 unspecified atom stereocenters. The molecule has 0 amide bonds. The predicted octanol–water partition coefficient (Wildman–Crippen LogP) is 1.78. The molecule has 0 saturated heterocycles. The van der Waals surface area contributed by atoms with Crippen molar-refractivity contribution in [2.45, 2.75) is 45.6 Å². The van der Waals surface area contributed by atoms with Crippen LogP contribution in [-0.2, 0) is 0 Å². The van der Waals surface area contributed by atoms with E-state index < -0.39 is 0 Å². The Morgan fingerprint density at radius 1 is 1.38 bits per heavy atom. The van der Waals surface area contributed by atoms with Crippen LogP contribution < -0.4 is 5.32 Å². The third-order valence-electron chi connectivity index (χ3n) is 2.78. The van der Waals surface area contributed by atoms with Crippen LogP contribution in [0.1, 0.15) is 39.5 Å². The summed E-state index contributed by atoms with van der Waals surface area (Å²) in [6.07, 6.45) is 4.93. The van der Waals surface area contributed by atoms with E-state index in [4.69, 9.17) is 0 Å². The van der Waals surface area contributed by atoms with E-state index in [2.05, 4.69) is 19.2 Å². The van der Waals surface area contributed by atoms with E-state index in [1.165, 1.54) is 19.3 Å². The predicted molar refractivity (Wildman–Crippen MR) is 55.7 cm³/mol. The van der Waals surface area contributed by atoms with Gasteiger partial charge in [0.15, 0.2) is 0 Å². The number of aliphatic hydroxyl groups excluding tert-OH is 1. The maximum Gasteiger partial charge on any atom is 0.0667 e. The summed E-state index contributed by atoms with van der Waals surface area (Å²) in [5, 5.41) is 12.9. The Kier molecular flexibility index (Phi) is 4.74. The molecule has 0 bridgehead atoms. The summed E-state index contributed by atoms with van der Waals surface area (Å²) in [6, 6.07) is 0. The van der Waals surface area contributed by atoms with Gasteiger partial charge in [0.1, 0.15) is 0 Å². The standard InChI is InChI=1S/C11H23NO/c1-9(2)6-11(13)8-12-7-10-4-3-5-10/h9-13H,3-8H2,1-2H3. The second-order valence-corrected chi connectivity index (χ2v) is 4.74. The fraction of sp³-hybridized carbons (Fsp3) is 1.00. The number of rotatable bonds is 6. The number of nitrogens with one attached hydrogen (secondary N) is 1. The summed E-state index contributed by atoms with van der Waals surface area (Å²) in [6.45, 7) is 6.17. The van der Waals surface area contributed by atoms with Gasteiger partial charge in [0, 0.05) is 6.54 Å². The molecule has 0 aromatic carbocycles. The third kappa shape index (κ3) is 4.63. The minimum atomic E-state index is -0.153. The SMILES string of the molecule is CC(C)CC(O)CNCC1CCC1. The van der Waals surface area contributed by atoms with Gasteiger partial charge in [-0.15, -0.1) is 0 Å². The first-order valence-corrected chi connectivity index (χ1v) is 5.57. The van der Waals surface area contributed by atoms with E-state index in [1.54, 1.807) is 0 Å². The maximum absolute atomic E-state index is 9.56. The zero-order chi connectivity index (χ0) is 9.68. The zero-order valence-electron chi connectivity index (χ0n) is 8.92. The molecule has 0 spiro atoms. The van der Waals surface area contributed by atoms with Crippen molar-refractivity contribution in [1.82, 2.24) is 5.32 Å². The van der Waals surface area contributed by atoms with Gasteiger partial charge in [-0.2, -0.15) is 0 Å². The second kappa shape index (κ2) is 5.61. The lowest BCUT2D eigenvalue weighted by molar-refractivity contribution is 0.142. The van der Waals surface area contributed by atoms with Gasteiger partial charge in [-0.3, -0.25) is 0 Å². The molecular weight excluding hydrogens is 162 g/mol. The van der Waals surface area contributed by atoms with E-state index >= 15 is 0 Å². The normalized spacial score (nSPS) is 20.3. The van der Waals surface area contributed by atoms with Crippen molar-refractivity contribution in [2.24, 2.45) is 11.8 Å². The maximum atomic E-state index is 9.56. The molecule has 1 fully saturated rings. The van der Waals surface area contributed by atoms with Gasteiger partial charge >= 0.3 is 0 Å². The van der Waals surface area contributed by atoms with Crippen molar-refractivity contribution in [3.05, 3.63) is 0 Å². The van der Waals surface area contributed by atoms with Gasteiger partial charge in [-0.05, 0) is 37.6 Å². The number of hydrogen-bond donors (Lipinski definition) is 2. The Bertz CT molecular complexity index is 132. The smallest absolute Gasteiger partial charge is 0.0667 e. The Balaban J connectivity index is 1.91. The molecule has 2 heteroatoms. The summed E-state index contributed by atoms with van der Waals surface area (Å²) < 4.78 is 0. The summed E-state index contributed by atoms with van der Waals surface area (Å²) in [7, 11) is 0. The van der Waals surface area contributed by atoms with E-state index in [0.717, 1.165) is 25.4 Å². The summed E-state index contributed by atoms with van der Waals surface area (Å²) >= 11 is 0. The van der Waals surface area contributed by atoms with Crippen molar-refractivity contribution in [3.63, 3.8) is 0 Å². The van der Waals surface area contributed by atoms with Crippen LogP contribution in [0.25, 0.3) is 0 Å². The average Bonchev–Trinajstić information content (AvgIpc) is 1.92. The fourth-order valence-electron chi connectivity index (χ4n) is 1.78. The Labute approximate surface area is 81.7 Å². The molecule has 1 aliphatic rings. The number of aliphatic hydroxyl groups is 1. The van der Waals surface area contributed by atoms with E-state index in [9.17, 15) is 5.11 Å². The lowest BCUT2D eigenvalue weighted by atomic mass is 9.85. The van der Waals surface area contributed by atoms with Crippen LogP contribution in [0.15, 0.2) is 0 Å². The lowest BCUT2D eigenvalue weighted by Gasteiger charge is -2.26.